The molecule has 2 heterocycles. The van der Waals surface area contributed by atoms with Gasteiger partial charge in [-0.3, -0.25) is 9.20 Å². The second kappa shape index (κ2) is 7.11. The molecule has 26 heavy (non-hydrogen) atoms. The molecule has 0 saturated heterocycles. The Morgan fingerprint density at radius 3 is 2.92 bits per heavy atom. The van der Waals surface area contributed by atoms with E-state index < -0.39 is 0 Å². The van der Waals surface area contributed by atoms with E-state index in [1.807, 2.05) is 34.4 Å². The van der Waals surface area contributed by atoms with Crippen molar-refractivity contribution < 1.29 is 4.79 Å². The topological polar surface area (TPSA) is 50.5 Å². The fourth-order valence-corrected chi connectivity index (χ4v) is 4.44. The Morgan fingerprint density at radius 1 is 1.31 bits per heavy atom. The summed E-state index contributed by atoms with van der Waals surface area (Å²) in [6.45, 7) is 4.83. The van der Waals surface area contributed by atoms with Crippen LogP contribution in [0.3, 0.4) is 0 Å². The van der Waals surface area contributed by atoms with E-state index in [4.69, 9.17) is 0 Å². The molecule has 0 aliphatic heterocycles. The molecule has 0 saturated carbocycles. The molecule has 5 nitrogen and oxygen atoms in total. The first kappa shape index (κ1) is 17.1. The normalized spacial score (nSPS) is 14.2. The molecule has 3 aromatic rings. The van der Waals surface area contributed by atoms with E-state index >= 15 is 0 Å². The number of para-hydroxylation sites is 1. The van der Waals surface area contributed by atoms with Gasteiger partial charge in [-0.05, 0) is 50.8 Å². The highest BCUT2D eigenvalue weighted by molar-refractivity contribution is 7.99. The van der Waals surface area contributed by atoms with Crippen molar-refractivity contribution in [2.24, 2.45) is 0 Å². The van der Waals surface area contributed by atoms with Crippen molar-refractivity contribution >= 4 is 34.2 Å². The van der Waals surface area contributed by atoms with Crippen molar-refractivity contribution in [1.29, 1.82) is 0 Å². The summed E-state index contributed by atoms with van der Waals surface area (Å²) in [7, 11) is 0. The van der Waals surface area contributed by atoms with Crippen LogP contribution < -0.4 is 0 Å². The van der Waals surface area contributed by atoms with Gasteiger partial charge < -0.3 is 4.90 Å². The van der Waals surface area contributed by atoms with Crippen LogP contribution in [0.1, 0.15) is 31.7 Å². The highest BCUT2D eigenvalue weighted by atomic mass is 32.2. The number of rotatable bonds is 5. The summed E-state index contributed by atoms with van der Waals surface area (Å²) in [4.78, 5) is 14.6. The molecule has 4 rings (SSSR count). The monoisotopic (exact) mass is 366 g/mol. The lowest BCUT2D eigenvalue weighted by Gasteiger charge is -2.21. The maximum Gasteiger partial charge on any atom is 0.237 e. The molecule has 0 radical (unpaired) electrons. The number of hydrogen-bond donors (Lipinski definition) is 0. The Kier molecular flexibility index (Phi) is 4.68. The molecule has 134 valence electrons. The van der Waals surface area contributed by atoms with Crippen molar-refractivity contribution in [3.8, 4) is 0 Å². The predicted octanol–water partition coefficient (Wildman–Crippen LogP) is 4.20. The fraction of sp³-hybridized carbons (Fsp3) is 0.350. The van der Waals surface area contributed by atoms with Crippen LogP contribution in [0, 0.1) is 6.92 Å². The smallest absolute Gasteiger partial charge is 0.237 e. The van der Waals surface area contributed by atoms with Gasteiger partial charge in [-0.15, -0.1) is 10.2 Å². The molecule has 6 heteroatoms. The minimum absolute atomic E-state index is 0.138. The van der Waals surface area contributed by atoms with Crippen LogP contribution in [-0.2, 0) is 4.79 Å². The number of fused-ring (bicyclic) bond motifs is 3. The van der Waals surface area contributed by atoms with Gasteiger partial charge in [-0.1, -0.05) is 36.0 Å². The summed E-state index contributed by atoms with van der Waals surface area (Å²) in [5.74, 6) is 0.507. The summed E-state index contributed by atoms with van der Waals surface area (Å²) in [5.41, 5.74) is 4.25. The maximum absolute atomic E-state index is 12.7. The summed E-state index contributed by atoms with van der Waals surface area (Å²) >= 11 is 1.46. The van der Waals surface area contributed by atoms with Crippen LogP contribution in [0.25, 0.3) is 16.6 Å². The van der Waals surface area contributed by atoms with Gasteiger partial charge in [0, 0.05) is 17.6 Å². The zero-order valence-electron chi connectivity index (χ0n) is 15.1. The van der Waals surface area contributed by atoms with Crippen LogP contribution in [0.2, 0.25) is 0 Å². The van der Waals surface area contributed by atoms with E-state index in [0.29, 0.717) is 12.3 Å². The number of pyridine rings is 1. The molecule has 0 fully saturated rings. The third-order valence-corrected chi connectivity index (χ3v) is 5.79. The van der Waals surface area contributed by atoms with Gasteiger partial charge in [0.05, 0.1) is 11.3 Å². The third kappa shape index (κ3) is 2.98. The largest absolute Gasteiger partial charge is 0.316 e. The number of benzene rings is 1. The number of carbonyl (C=O) groups excluding carboxylic acids is 1. The highest BCUT2D eigenvalue weighted by Gasteiger charge is 2.20. The first-order chi connectivity index (χ1) is 12.7. The van der Waals surface area contributed by atoms with E-state index in [2.05, 4.69) is 35.3 Å². The second-order valence-electron chi connectivity index (χ2n) is 6.54. The van der Waals surface area contributed by atoms with Crippen molar-refractivity contribution in [3.05, 3.63) is 47.7 Å². The molecule has 2 aromatic heterocycles. The number of aromatic nitrogens is 3. The van der Waals surface area contributed by atoms with Gasteiger partial charge in [0.1, 0.15) is 0 Å². The molecule has 0 N–H and O–H groups in total. The van der Waals surface area contributed by atoms with Gasteiger partial charge in [-0.2, -0.15) is 0 Å². The van der Waals surface area contributed by atoms with Gasteiger partial charge in [-0.25, -0.2) is 0 Å². The summed E-state index contributed by atoms with van der Waals surface area (Å²) in [5, 5.41) is 10.6. The molecule has 1 amide bonds. The van der Waals surface area contributed by atoms with Gasteiger partial charge in [0.2, 0.25) is 5.91 Å². The Morgan fingerprint density at radius 2 is 2.15 bits per heavy atom. The number of aryl methyl sites for hydroxylation is 1. The lowest BCUT2D eigenvalue weighted by molar-refractivity contribution is -0.126. The zero-order valence-corrected chi connectivity index (χ0v) is 15.9. The first-order valence-electron chi connectivity index (χ1n) is 9.04. The Balaban J connectivity index is 1.62. The van der Waals surface area contributed by atoms with Crippen LogP contribution in [-0.4, -0.2) is 37.7 Å². The van der Waals surface area contributed by atoms with Crippen LogP contribution in [0.15, 0.2) is 47.3 Å². The van der Waals surface area contributed by atoms with Crippen LogP contribution in [0.5, 0.6) is 0 Å². The average molecular weight is 366 g/mol. The molecular weight excluding hydrogens is 344 g/mol. The maximum atomic E-state index is 12.7. The fourth-order valence-electron chi connectivity index (χ4n) is 3.61. The lowest BCUT2D eigenvalue weighted by Crippen LogP contribution is -2.31. The quantitative estimate of drug-likeness (QED) is 0.635. The minimum atomic E-state index is 0.138. The molecule has 1 aliphatic rings. The lowest BCUT2D eigenvalue weighted by atomic mass is 10.1. The van der Waals surface area contributed by atoms with Gasteiger partial charge in [0.15, 0.2) is 10.8 Å². The van der Waals surface area contributed by atoms with Crippen molar-refractivity contribution in [2.45, 2.75) is 38.3 Å². The predicted molar refractivity (Wildman–Crippen MR) is 105 cm³/mol. The van der Waals surface area contributed by atoms with Crippen molar-refractivity contribution in [1.82, 2.24) is 19.5 Å². The number of allylic oxidation sites excluding steroid dienone is 2. The number of amides is 1. The number of carbonyl (C=O) groups is 1. The Bertz CT molecular complexity index is 1010. The minimum Gasteiger partial charge on any atom is -0.316 e. The Labute approximate surface area is 157 Å². The highest BCUT2D eigenvalue weighted by Crippen LogP contribution is 2.27. The standard InChI is InChI=1S/C20H22N4OS/c1-3-23(15-8-4-5-9-15)19(25)13-26-20-22-21-18-12-14(2)16-10-6-7-11-17(16)24(18)20/h6-8,10-12H,3-5,9,13H2,1-2H3. The number of nitrogens with zero attached hydrogens (tertiary/aromatic N) is 4. The summed E-state index contributed by atoms with van der Waals surface area (Å²) < 4.78 is 2.05. The van der Waals surface area contributed by atoms with Crippen LogP contribution in [0.4, 0.5) is 0 Å². The van der Waals surface area contributed by atoms with E-state index in [1.54, 1.807) is 0 Å². The summed E-state index contributed by atoms with van der Waals surface area (Å²) in [6.07, 6.45) is 5.41. The molecule has 0 spiro atoms. The first-order valence-corrected chi connectivity index (χ1v) is 10.0. The van der Waals surface area contributed by atoms with Gasteiger partial charge >= 0.3 is 0 Å². The number of hydrogen-bond acceptors (Lipinski definition) is 4. The third-order valence-electron chi connectivity index (χ3n) is 4.88. The molecule has 1 aromatic carbocycles. The van der Waals surface area contributed by atoms with Gasteiger partial charge in [0.25, 0.3) is 0 Å². The molecule has 0 atom stereocenters. The molecular formula is C20H22N4OS. The van der Waals surface area contributed by atoms with E-state index in [0.717, 1.165) is 35.6 Å². The second-order valence-corrected chi connectivity index (χ2v) is 7.48. The zero-order chi connectivity index (χ0) is 18.1. The Hall–Kier alpha value is -2.34. The summed E-state index contributed by atoms with van der Waals surface area (Å²) in [6, 6.07) is 10.3. The molecule has 1 aliphatic carbocycles. The molecule has 0 unspecified atom stereocenters. The van der Waals surface area contributed by atoms with Crippen molar-refractivity contribution in [2.75, 3.05) is 12.3 Å². The SMILES string of the molecule is CCN(C(=O)CSc1nnc2cc(C)c3ccccc3n12)C1=CCCC1. The van der Waals surface area contributed by atoms with E-state index in [9.17, 15) is 4.79 Å². The molecule has 0 bridgehead atoms. The van der Waals surface area contributed by atoms with E-state index in [-0.39, 0.29) is 5.91 Å². The van der Waals surface area contributed by atoms with Crippen LogP contribution >= 0.6 is 11.8 Å². The average Bonchev–Trinajstić information content (AvgIpc) is 3.31. The van der Waals surface area contributed by atoms with E-state index in [1.165, 1.54) is 28.4 Å². The number of thioether (sulfide) groups is 1. The van der Waals surface area contributed by atoms with Crippen molar-refractivity contribution in [3.63, 3.8) is 0 Å².